The molecule has 0 radical (unpaired) electrons. The van der Waals surface area contributed by atoms with E-state index in [1.54, 1.807) is 30.2 Å². The van der Waals surface area contributed by atoms with Crippen molar-refractivity contribution in [3.05, 3.63) is 76.3 Å². The van der Waals surface area contributed by atoms with Crippen LogP contribution in [0.1, 0.15) is 36.3 Å². The molecule has 3 N–H and O–H groups in total. The van der Waals surface area contributed by atoms with Crippen LogP contribution >= 0.6 is 23.1 Å². The molecule has 2 aromatic carbocycles. The van der Waals surface area contributed by atoms with Crippen molar-refractivity contribution in [3.63, 3.8) is 0 Å². The summed E-state index contributed by atoms with van der Waals surface area (Å²) in [6.45, 7) is 1.96. The first-order valence-electron chi connectivity index (χ1n) is 12.9. The highest BCUT2D eigenvalue weighted by Crippen LogP contribution is 2.49. The number of aromatic nitrogens is 2. The van der Waals surface area contributed by atoms with Gasteiger partial charge >= 0.3 is 0 Å². The van der Waals surface area contributed by atoms with E-state index in [1.165, 1.54) is 30.2 Å². The van der Waals surface area contributed by atoms with Gasteiger partial charge in [-0.05, 0) is 43.5 Å². The van der Waals surface area contributed by atoms with Crippen LogP contribution in [0.3, 0.4) is 0 Å². The van der Waals surface area contributed by atoms with Gasteiger partial charge in [-0.2, -0.15) is 5.26 Å². The lowest BCUT2D eigenvalue weighted by Crippen LogP contribution is -2.38. The highest BCUT2D eigenvalue weighted by Gasteiger charge is 2.42. The third-order valence-electron chi connectivity index (χ3n) is 6.88. The van der Waals surface area contributed by atoms with Crippen molar-refractivity contribution in [3.8, 4) is 17.6 Å². The van der Waals surface area contributed by atoms with Gasteiger partial charge in [-0.3, -0.25) is 14.5 Å². The highest BCUT2D eigenvalue weighted by atomic mass is 32.2. The molecule has 0 fully saturated rings. The van der Waals surface area contributed by atoms with E-state index in [0.29, 0.717) is 57.1 Å². The maximum atomic E-state index is 13.4. The second kappa shape index (κ2) is 12.0. The molecule has 0 spiro atoms. The molecular formula is C29H28N6O4S2. The third kappa shape index (κ3) is 5.64. The van der Waals surface area contributed by atoms with Crippen LogP contribution in [0.5, 0.6) is 11.5 Å². The van der Waals surface area contributed by atoms with E-state index in [-0.39, 0.29) is 28.8 Å². The molecule has 0 saturated heterocycles. The Morgan fingerprint density at radius 1 is 1.22 bits per heavy atom. The molecule has 5 rings (SSSR count). The molecule has 1 aromatic heterocycles. The fourth-order valence-corrected chi connectivity index (χ4v) is 6.75. The normalized spacial score (nSPS) is 16.8. The lowest BCUT2D eigenvalue weighted by Gasteiger charge is -2.38. The second-order valence-corrected chi connectivity index (χ2v) is 11.7. The number of nitrogens with one attached hydrogen (secondary N) is 1. The Hall–Kier alpha value is -4.34. The molecule has 0 bridgehead atoms. The van der Waals surface area contributed by atoms with Gasteiger partial charge in [0.25, 0.3) is 0 Å². The summed E-state index contributed by atoms with van der Waals surface area (Å²) in [5, 5.41) is 22.2. The number of nitrogens with two attached hydrogens (primary N) is 1. The maximum Gasteiger partial charge on any atom is 0.234 e. The number of ketones is 1. The number of carbonyl (C=O) groups is 2. The highest BCUT2D eigenvalue weighted by molar-refractivity contribution is 8.01. The van der Waals surface area contributed by atoms with Crippen molar-refractivity contribution in [2.45, 2.75) is 36.4 Å². The fraction of sp³-hybridized carbons (Fsp3) is 0.276. The van der Waals surface area contributed by atoms with Crippen molar-refractivity contribution >= 4 is 45.6 Å². The van der Waals surface area contributed by atoms with Crippen LogP contribution in [0.25, 0.3) is 0 Å². The van der Waals surface area contributed by atoms with E-state index in [9.17, 15) is 14.9 Å². The number of nitrogens with zero attached hydrogens (tertiary/aromatic N) is 4. The van der Waals surface area contributed by atoms with Crippen molar-refractivity contribution in [2.24, 2.45) is 5.73 Å². The van der Waals surface area contributed by atoms with Crippen LogP contribution in [-0.4, -0.2) is 41.9 Å². The monoisotopic (exact) mass is 588 g/mol. The van der Waals surface area contributed by atoms with Gasteiger partial charge in [0.1, 0.15) is 17.3 Å². The van der Waals surface area contributed by atoms with Gasteiger partial charge in [0.05, 0.1) is 37.5 Å². The number of hydrogen-bond acceptors (Lipinski definition) is 11. The van der Waals surface area contributed by atoms with Crippen LogP contribution in [0.15, 0.2) is 69.5 Å². The minimum absolute atomic E-state index is 0.0497. The van der Waals surface area contributed by atoms with Gasteiger partial charge in [0, 0.05) is 35.0 Å². The largest absolute Gasteiger partial charge is 0.497 e. The zero-order chi connectivity index (χ0) is 29.1. The summed E-state index contributed by atoms with van der Waals surface area (Å²) in [4.78, 5) is 27.6. The number of hydrogen-bond donors (Lipinski definition) is 2. The predicted octanol–water partition coefficient (Wildman–Crippen LogP) is 4.90. The number of rotatable bonds is 8. The number of nitriles is 1. The number of Topliss-reactive ketones (excluding diaryl/α,β-unsaturated/α-hetero) is 1. The lowest BCUT2D eigenvalue weighted by atomic mass is 9.75. The molecule has 1 unspecified atom stereocenters. The van der Waals surface area contributed by atoms with Gasteiger partial charge < -0.3 is 20.5 Å². The fourth-order valence-electron chi connectivity index (χ4n) is 5.07. The number of ether oxygens (including phenoxy) is 2. The summed E-state index contributed by atoms with van der Waals surface area (Å²) in [6, 6.07) is 15.1. The Morgan fingerprint density at radius 3 is 2.78 bits per heavy atom. The predicted molar refractivity (Wildman–Crippen MR) is 158 cm³/mol. The van der Waals surface area contributed by atoms with Crippen molar-refractivity contribution < 1.29 is 19.1 Å². The number of aryl methyl sites for hydroxylation is 1. The first kappa shape index (κ1) is 28.2. The lowest BCUT2D eigenvalue weighted by molar-refractivity contribution is -0.116. The summed E-state index contributed by atoms with van der Waals surface area (Å²) >= 11 is 2.50. The second-order valence-electron chi connectivity index (χ2n) is 9.48. The van der Waals surface area contributed by atoms with E-state index < -0.39 is 5.92 Å². The third-order valence-corrected chi connectivity index (χ3v) is 8.92. The molecule has 10 nitrogen and oxygen atoms in total. The molecule has 3 aromatic rings. The van der Waals surface area contributed by atoms with Gasteiger partial charge in [0.2, 0.25) is 11.0 Å². The molecule has 1 atom stereocenters. The van der Waals surface area contributed by atoms with E-state index in [2.05, 4.69) is 21.6 Å². The van der Waals surface area contributed by atoms with Gasteiger partial charge in [0.15, 0.2) is 10.1 Å². The Morgan fingerprint density at radius 2 is 2.05 bits per heavy atom. The molecule has 2 aliphatic rings. The minimum Gasteiger partial charge on any atom is -0.497 e. The standard InChI is InChI=1S/C29H28N6O4S2/c1-16-6-4-7-17(12-16)32-24(37)15-40-29-34-33-28(41-29)35-21-8-5-9-22(36)26(21)25(20(14-30)27(35)31)19-11-10-18(38-2)13-23(19)39-3/h4,6-7,10-13,25H,5,8-9,15,31H2,1-3H3,(H,32,37). The van der Waals surface area contributed by atoms with Gasteiger partial charge in [-0.1, -0.05) is 41.3 Å². The summed E-state index contributed by atoms with van der Waals surface area (Å²) < 4.78 is 11.5. The van der Waals surface area contributed by atoms with Gasteiger partial charge in [-0.25, -0.2) is 0 Å². The molecule has 12 heteroatoms. The Kier molecular flexibility index (Phi) is 8.28. The van der Waals surface area contributed by atoms with E-state index >= 15 is 0 Å². The Balaban J connectivity index is 1.45. The topological polar surface area (TPSA) is 143 Å². The molecular weight excluding hydrogens is 560 g/mol. The van der Waals surface area contributed by atoms with Crippen LogP contribution in [0.4, 0.5) is 10.8 Å². The van der Waals surface area contributed by atoms with Gasteiger partial charge in [-0.15, -0.1) is 10.2 Å². The van der Waals surface area contributed by atoms with Crippen molar-refractivity contribution in [2.75, 3.05) is 30.2 Å². The van der Waals surface area contributed by atoms with E-state index in [4.69, 9.17) is 15.2 Å². The van der Waals surface area contributed by atoms with E-state index in [0.717, 1.165) is 11.3 Å². The number of methoxy groups -OCH3 is 2. The number of benzene rings is 2. The minimum atomic E-state index is -0.688. The summed E-state index contributed by atoms with van der Waals surface area (Å²) in [5.41, 5.74) is 10.5. The molecule has 1 amide bonds. The SMILES string of the molecule is COc1ccc(C2C(C#N)=C(N)N(c3nnc(SCC(=O)Nc4cccc(C)c4)s3)C3=C2C(=O)CCC3)c(OC)c1. The molecule has 210 valence electrons. The average molecular weight is 589 g/mol. The quantitative estimate of drug-likeness (QED) is 0.349. The first-order chi connectivity index (χ1) is 19.8. The van der Waals surface area contributed by atoms with Crippen LogP contribution < -0.4 is 25.4 Å². The molecule has 1 aliphatic heterocycles. The molecule has 2 heterocycles. The number of allylic oxidation sites excluding steroid dienone is 3. The Bertz CT molecular complexity index is 1620. The summed E-state index contributed by atoms with van der Waals surface area (Å²) in [6.07, 6.45) is 1.60. The Labute approximate surface area is 245 Å². The molecule has 41 heavy (non-hydrogen) atoms. The summed E-state index contributed by atoms with van der Waals surface area (Å²) in [5.74, 6) is 0.511. The average Bonchev–Trinajstić information content (AvgIpc) is 3.43. The molecule has 0 saturated carbocycles. The first-order valence-corrected chi connectivity index (χ1v) is 14.7. The molecule has 1 aliphatic carbocycles. The smallest absolute Gasteiger partial charge is 0.234 e. The number of amides is 1. The van der Waals surface area contributed by atoms with Crippen LogP contribution in [-0.2, 0) is 9.59 Å². The van der Waals surface area contributed by atoms with Crippen molar-refractivity contribution in [1.82, 2.24) is 10.2 Å². The number of anilines is 2. The zero-order valence-electron chi connectivity index (χ0n) is 22.8. The summed E-state index contributed by atoms with van der Waals surface area (Å²) in [7, 11) is 3.09. The van der Waals surface area contributed by atoms with Crippen LogP contribution in [0.2, 0.25) is 0 Å². The van der Waals surface area contributed by atoms with Crippen molar-refractivity contribution in [1.29, 1.82) is 5.26 Å². The maximum absolute atomic E-state index is 13.4. The number of carbonyl (C=O) groups excluding carboxylic acids is 2. The van der Waals surface area contributed by atoms with E-state index in [1.807, 2.05) is 31.2 Å². The van der Waals surface area contributed by atoms with Crippen LogP contribution in [0, 0.1) is 18.3 Å². The zero-order valence-corrected chi connectivity index (χ0v) is 24.4. The number of thioether (sulfide) groups is 1.